The van der Waals surface area contributed by atoms with E-state index in [9.17, 15) is 18.3 Å². The topological polar surface area (TPSA) is 90.5 Å². The van der Waals surface area contributed by atoms with E-state index in [1.54, 1.807) is 24.3 Å². The Labute approximate surface area is 158 Å². The van der Waals surface area contributed by atoms with Crippen molar-refractivity contribution in [1.29, 1.82) is 0 Å². The summed E-state index contributed by atoms with van der Waals surface area (Å²) in [5, 5.41) is 10.2. The SMILES string of the molecule is Cc1cc2cc(CN(CCO)S(=O)(=O)c3ccccc3)c(=O)[nH]c2cc1C. The van der Waals surface area contributed by atoms with Gasteiger partial charge in [0.1, 0.15) is 0 Å². The van der Waals surface area contributed by atoms with Crippen LogP contribution in [-0.4, -0.2) is 36.0 Å². The Morgan fingerprint density at radius 3 is 2.37 bits per heavy atom. The molecule has 0 aliphatic heterocycles. The average molecular weight is 386 g/mol. The van der Waals surface area contributed by atoms with Crippen LogP contribution in [0.2, 0.25) is 0 Å². The Morgan fingerprint density at radius 2 is 1.70 bits per heavy atom. The minimum Gasteiger partial charge on any atom is -0.395 e. The first-order chi connectivity index (χ1) is 12.8. The zero-order valence-corrected chi connectivity index (χ0v) is 16.1. The maximum atomic E-state index is 12.9. The van der Waals surface area contributed by atoms with Crippen LogP contribution in [0.15, 0.2) is 58.2 Å². The van der Waals surface area contributed by atoms with Gasteiger partial charge in [-0.25, -0.2) is 8.42 Å². The summed E-state index contributed by atoms with van der Waals surface area (Å²) >= 11 is 0. The molecule has 2 aromatic carbocycles. The molecule has 3 aromatic rings. The number of benzene rings is 2. The lowest BCUT2D eigenvalue weighted by atomic mass is 10.1. The van der Waals surface area contributed by atoms with Crippen molar-refractivity contribution < 1.29 is 13.5 Å². The Kier molecular flexibility index (Phi) is 5.46. The molecule has 0 aliphatic carbocycles. The standard InChI is InChI=1S/C20H22N2O4S/c1-14-10-16-12-17(20(24)21-19(16)11-15(14)2)13-22(8-9-23)27(25,26)18-6-4-3-5-7-18/h3-7,10-12,23H,8-9,13H2,1-2H3,(H,21,24). The number of hydrogen-bond acceptors (Lipinski definition) is 4. The van der Waals surface area contributed by atoms with Crippen LogP contribution < -0.4 is 5.56 Å². The zero-order chi connectivity index (χ0) is 19.6. The van der Waals surface area contributed by atoms with Crippen molar-refractivity contribution >= 4 is 20.9 Å². The van der Waals surface area contributed by atoms with Gasteiger partial charge in [0.25, 0.3) is 5.56 Å². The molecule has 0 saturated carbocycles. The highest BCUT2D eigenvalue weighted by atomic mass is 32.2. The molecule has 27 heavy (non-hydrogen) atoms. The molecular weight excluding hydrogens is 364 g/mol. The van der Waals surface area contributed by atoms with Crippen LogP contribution in [0.3, 0.4) is 0 Å². The molecule has 1 aromatic heterocycles. The third kappa shape index (κ3) is 3.95. The lowest BCUT2D eigenvalue weighted by Crippen LogP contribution is -2.35. The second kappa shape index (κ2) is 7.64. The number of nitrogens with zero attached hydrogens (tertiary/aromatic N) is 1. The van der Waals surface area contributed by atoms with Gasteiger partial charge in [-0.2, -0.15) is 4.31 Å². The van der Waals surface area contributed by atoms with Crippen molar-refractivity contribution in [3.8, 4) is 0 Å². The first-order valence-corrected chi connectivity index (χ1v) is 10.1. The van der Waals surface area contributed by atoms with E-state index in [1.807, 2.05) is 26.0 Å². The molecule has 0 radical (unpaired) electrons. The summed E-state index contributed by atoms with van der Waals surface area (Å²) in [4.78, 5) is 15.4. The van der Waals surface area contributed by atoms with E-state index in [0.717, 1.165) is 20.8 Å². The molecule has 7 heteroatoms. The number of aromatic nitrogens is 1. The van der Waals surface area contributed by atoms with E-state index >= 15 is 0 Å². The number of aromatic amines is 1. The van der Waals surface area contributed by atoms with Gasteiger partial charge in [0, 0.05) is 24.2 Å². The Balaban J connectivity index is 2.03. The summed E-state index contributed by atoms with van der Waals surface area (Å²) < 4.78 is 26.9. The van der Waals surface area contributed by atoms with E-state index in [1.165, 1.54) is 12.1 Å². The second-order valence-electron chi connectivity index (χ2n) is 6.52. The summed E-state index contributed by atoms with van der Waals surface area (Å²) in [5.41, 5.74) is 2.87. The third-order valence-corrected chi connectivity index (χ3v) is 6.47. The predicted octanol–water partition coefficient (Wildman–Crippen LogP) is 2.33. The lowest BCUT2D eigenvalue weighted by molar-refractivity contribution is 0.251. The number of hydrogen-bond donors (Lipinski definition) is 2. The molecule has 0 spiro atoms. The number of fused-ring (bicyclic) bond motifs is 1. The van der Waals surface area contributed by atoms with Crippen LogP contribution in [0.1, 0.15) is 16.7 Å². The highest BCUT2D eigenvalue weighted by molar-refractivity contribution is 7.89. The molecule has 0 unspecified atom stereocenters. The van der Waals surface area contributed by atoms with Gasteiger partial charge in [0.2, 0.25) is 10.0 Å². The number of aliphatic hydroxyl groups is 1. The van der Waals surface area contributed by atoms with E-state index in [4.69, 9.17) is 0 Å². The summed E-state index contributed by atoms with van der Waals surface area (Å²) in [6.07, 6.45) is 0. The van der Waals surface area contributed by atoms with Crippen LogP contribution in [0.4, 0.5) is 0 Å². The molecule has 0 saturated heterocycles. The summed E-state index contributed by atoms with van der Waals surface area (Å²) in [6, 6.07) is 13.6. The molecule has 6 nitrogen and oxygen atoms in total. The van der Waals surface area contributed by atoms with Gasteiger partial charge in [-0.1, -0.05) is 18.2 Å². The van der Waals surface area contributed by atoms with E-state index in [0.29, 0.717) is 11.1 Å². The quantitative estimate of drug-likeness (QED) is 0.680. The van der Waals surface area contributed by atoms with Crippen molar-refractivity contribution in [3.05, 3.63) is 75.6 Å². The maximum Gasteiger partial charge on any atom is 0.252 e. The van der Waals surface area contributed by atoms with Crippen molar-refractivity contribution in [2.24, 2.45) is 0 Å². The van der Waals surface area contributed by atoms with Crippen molar-refractivity contribution in [1.82, 2.24) is 9.29 Å². The first-order valence-electron chi connectivity index (χ1n) is 8.62. The third-order valence-electron chi connectivity index (χ3n) is 4.61. The van der Waals surface area contributed by atoms with Crippen LogP contribution in [-0.2, 0) is 16.6 Å². The van der Waals surface area contributed by atoms with Gasteiger partial charge < -0.3 is 10.1 Å². The van der Waals surface area contributed by atoms with E-state index in [-0.39, 0.29) is 30.2 Å². The van der Waals surface area contributed by atoms with Gasteiger partial charge in [-0.15, -0.1) is 0 Å². The summed E-state index contributed by atoms with van der Waals surface area (Å²) in [7, 11) is -3.83. The number of pyridine rings is 1. The molecule has 0 atom stereocenters. The fraction of sp³-hybridized carbons (Fsp3) is 0.250. The normalized spacial score (nSPS) is 12.0. The lowest BCUT2D eigenvalue weighted by Gasteiger charge is -2.21. The van der Waals surface area contributed by atoms with E-state index < -0.39 is 10.0 Å². The monoisotopic (exact) mass is 386 g/mol. The largest absolute Gasteiger partial charge is 0.395 e. The molecule has 0 fully saturated rings. The molecule has 0 amide bonds. The van der Waals surface area contributed by atoms with Gasteiger partial charge in [-0.05, 0) is 60.7 Å². The van der Waals surface area contributed by atoms with Crippen LogP contribution in [0.25, 0.3) is 10.9 Å². The fourth-order valence-corrected chi connectivity index (χ4v) is 4.40. The number of nitrogens with one attached hydrogen (secondary N) is 1. The maximum absolute atomic E-state index is 12.9. The minimum atomic E-state index is -3.83. The summed E-state index contributed by atoms with van der Waals surface area (Å²) in [6.45, 7) is 3.40. The zero-order valence-electron chi connectivity index (χ0n) is 15.3. The number of H-pyrrole nitrogens is 1. The first kappa shape index (κ1) is 19.3. The van der Waals surface area contributed by atoms with Gasteiger partial charge in [0.05, 0.1) is 11.5 Å². The number of rotatable bonds is 6. The fourth-order valence-electron chi connectivity index (χ4n) is 2.97. The number of aliphatic hydroxyl groups excluding tert-OH is 1. The number of sulfonamides is 1. The van der Waals surface area contributed by atoms with Crippen LogP contribution in [0.5, 0.6) is 0 Å². The molecule has 2 N–H and O–H groups in total. The molecule has 3 rings (SSSR count). The molecule has 0 bridgehead atoms. The highest BCUT2D eigenvalue weighted by Crippen LogP contribution is 2.20. The average Bonchev–Trinajstić information content (AvgIpc) is 2.64. The summed E-state index contributed by atoms with van der Waals surface area (Å²) in [5.74, 6) is 0. The van der Waals surface area contributed by atoms with Gasteiger partial charge in [-0.3, -0.25) is 4.79 Å². The Morgan fingerprint density at radius 1 is 1.04 bits per heavy atom. The smallest absolute Gasteiger partial charge is 0.252 e. The predicted molar refractivity (Wildman–Crippen MR) is 105 cm³/mol. The van der Waals surface area contributed by atoms with Crippen LogP contribution in [0, 0.1) is 13.8 Å². The van der Waals surface area contributed by atoms with Crippen molar-refractivity contribution in [3.63, 3.8) is 0 Å². The molecular formula is C20H22N2O4S. The van der Waals surface area contributed by atoms with Gasteiger partial charge >= 0.3 is 0 Å². The Bertz CT molecular complexity index is 1120. The Hall–Kier alpha value is -2.48. The highest BCUT2D eigenvalue weighted by Gasteiger charge is 2.25. The van der Waals surface area contributed by atoms with Crippen molar-refractivity contribution in [2.45, 2.75) is 25.3 Å². The molecule has 1 heterocycles. The van der Waals surface area contributed by atoms with Crippen LogP contribution >= 0.6 is 0 Å². The van der Waals surface area contributed by atoms with Gasteiger partial charge in [0.15, 0.2) is 0 Å². The second-order valence-corrected chi connectivity index (χ2v) is 8.46. The molecule has 142 valence electrons. The minimum absolute atomic E-state index is 0.0956. The molecule has 0 aliphatic rings. The van der Waals surface area contributed by atoms with Crippen molar-refractivity contribution in [2.75, 3.05) is 13.2 Å². The number of aryl methyl sites for hydroxylation is 2. The van der Waals surface area contributed by atoms with E-state index in [2.05, 4.69) is 4.98 Å².